The molecule has 1 aromatic carbocycles. The van der Waals surface area contributed by atoms with Gasteiger partial charge in [-0.15, -0.1) is 0 Å². The van der Waals surface area contributed by atoms with Gasteiger partial charge in [0.15, 0.2) is 0 Å². The Labute approximate surface area is 119 Å². The fourth-order valence-electron chi connectivity index (χ4n) is 5.48. The SMILES string of the molecule is COC1=C[C@]23O[C@H](c4ccccc42)[C@H]2CCC[C@H](C1)[C@H]23. The van der Waals surface area contributed by atoms with Crippen LogP contribution >= 0.6 is 0 Å². The van der Waals surface area contributed by atoms with Gasteiger partial charge < -0.3 is 9.47 Å². The van der Waals surface area contributed by atoms with Gasteiger partial charge in [0.1, 0.15) is 5.60 Å². The molecule has 1 saturated heterocycles. The van der Waals surface area contributed by atoms with Crippen LogP contribution in [0.15, 0.2) is 36.1 Å². The molecule has 0 unspecified atom stereocenters. The van der Waals surface area contributed by atoms with E-state index in [0.29, 0.717) is 12.0 Å². The van der Waals surface area contributed by atoms with E-state index in [1.54, 1.807) is 7.11 Å². The highest BCUT2D eigenvalue weighted by Gasteiger charge is 2.65. The molecule has 2 heterocycles. The van der Waals surface area contributed by atoms with E-state index in [1.165, 1.54) is 30.4 Å². The molecule has 104 valence electrons. The first-order valence-corrected chi connectivity index (χ1v) is 7.86. The molecule has 0 radical (unpaired) electrons. The van der Waals surface area contributed by atoms with Crippen molar-refractivity contribution in [1.29, 1.82) is 0 Å². The van der Waals surface area contributed by atoms with Crippen LogP contribution in [0.4, 0.5) is 0 Å². The maximum atomic E-state index is 6.62. The maximum Gasteiger partial charge on any atom is 0.119 e. The van der Waals surface area contributed by atoms with E-state index in [1.807, 2.05) is 0 Å². The van der Waals surface area contributed by atoms with Crippen LogP contribution in [0.3, 0.4) is 0 Å². The minimum atomic E-state index is -0.180. The largest absolute Gasteiger partial charge is 0.501 e. The van der Waals surface area contributed by atoms with E-state index in [-0.39, 0.29) is 5.60 Å². The second-order valence-electron chi connectivity index (χ2n) is 6.82. The summed E-state index contributed by atoms with van der Waals surface area (Å²) in [5, 5.41) is 0. The van der Waals surface area contributed by atoms with Gasteiger partial charge in [0.05, 0.1) is 19.0 Å². The van der Waals surface area contributed by atoms with Gasteiger partial charge in [0.25, 0.3) is 0 Å². The second kappa shape index (κ2) is 3.67. The van der Waals surface area contributed by atoms with Gasteiger partial charge in [-0.3, -0.25) is 0 Å². The van der Waals surface area contributed by atoms with Crippen molar-refractivity contribution >= 4 is 0 Å². The summed E-state index contributed by atoms with van der Waals surface area (Å²) in [5.41, 5.74) is 2.66. The van der Waals surface area contributed by atoms with E-state index in [2.05, 4.69) is 30.3 Å². The minimum Gasteiger partial charge on any atom is -0.501 e. The van der Waals surface area contributed by atoms with E-state index in [4.69, 9.17) is 9.47 Å². The first-order chi connectivity index (χ1) is 9.83. The van der Waals surface area contributed by atoms with Gasteiger partial charge in [-0.2, -0.15) is 0 Å². The first-order valence-electron chi connectivity index (χ1n) is 7.86. The Morgan fingerprint density at radius 1 is 1.25 bits per heavy atom. The van der Waals surface area contributed by atoms with Crippen LogP contribution in [0.25, 0.3) is 0 Å². The van der Waals surface area contributed by atoms with E-state index < -0.39 is 0 Å². The predicted molar refractivity (Wildman–Crippen MR) is 76.0 cm³/mol. The third-order valence-electron chi connectivity index (χ3n) is 6.08. The zero-order valence-corrected chi connectivity index (χ0v) is 11.8. The lowest BCUT2D eigenvalue weighted by Gasteiger charge is -2.46. The maximum absolute atomic E-state index is 6.62. The second-order valence-corrected chi connectivity index (χ2v) is 6.82. The Hall–Kier alpha value is -1.28. The van der Waals surface area contributed by atoms with Crippen molar-refractivity contribution in [3.05, 3.63) is 47.2 Å². The van der Waals surface area contributed by atoms with Crippen molar-refractivity contribution in [2.24, 2.45) is 17.8 Å². The van der Waals surface area contributed by atoms with Crippen LogP contribution in [-0.4, -0.2) is 7.11 Å². The quantitative estimate of drug-likeness (QED) is 0.768. The molecule has 2 aliphatic heterocycles. The Kier molecular flexibility index (Phi) is 2.09. The molecule has 5 atom stereocenters. The number of hydrogen-bond acceptors (Lipinski definition) is 2. The third-order valence-corrected chi connectivity index (χ3v) is 6.08. The van der Waals surface area contributed by atoms with Gasteiger partial charge in [-0.1, -0.05) is 30.7 Å². The molecule has 5 rings (SSSR count). The highest BCUT2D eigenvalue weighted by atomic mass is 16.5. The van der Waals surface area contributed by atoms with Gasteiger partial charge >= 0.3 is 0 Å². The number of hydrogen-bond donors (Lipinski definition) is 0. The molecular weight excluding hydrogens is 248 g/mol. The summed E-state index contributed by atoms with van der Waals surface area (Å²) in [7, 11) is 1.80. The summed E-state index contributed by atoms with van der Waals surface area (Å²) in [5.74, 6) is 3.27. The molecule has 0 aromatic heterocycles. The molecule has 2 bridgehead atoms. The van der Waals surface area contributed by atoms with E-state index in [9.17, 15) is 0 Å². The average molecular weight is 268 g/mol. The van der Waals surface area contributed by atoms with Crippen LogP contribution in [0.2, 0.25) is 0 Å². The summed E-state index contributed by atoms with van der Waals surface area (Å²) in [6.45, 7) is 0. The van der Waals surface area contributed by atoms with Crippen molar-refractivity contribution in [3.8, 4) is 0 Å². The summed E-state index contributed by atoms with van der Waals surface area (Å²) in [6.07, 6.45) is 7.75. The molecule has 2 aliphatic carbocycles. The van der Waals surface area contributed by atoms with Crippen LogP contribution < -0.4 is 0 Å². The molecule has 1 aromatic rings. The van der Waals surface area contributed by atoms with Crippen LogP contribution in [0.1, 0.15) is 42.9 Å². The molecule has 1 saturated carbocycles. The van der Waals surface area contributed by atoms with Gasteiger partial charge in [-0.25, -0.2) is 0 Å². The fraction of sp³-hybridized carbons (Fsp3) is 0.556. The van der Waals surface area contributed by atoms with Crippen LogP contribution in [-0.2, 0) is 15.1 Å². The van der Waals surface area contributed by atoms with Gasteiger partial charge in [-0.05, 0) is 41.9 Å². The van der Waals surface area contributed by atoms with Crippen molar-refractivity contribution in [1.82, 2.24) is 0 Å². The summed E-state index contributed by atoms with van der Waals surface area (Å²) < 4.78 is 12.3. The Bertz CT molecular complexity index is 605. The molecule has 4 aliphatic rings. The third kappa shape index (κ3) is 1.16. The molecule has 0 N–H and O–H groups in total. The lowest BCUT2D eigenvalue weighted by Crippen LogP contribution is -2.44. The molecule has 20 heavy (non-hydrogen) atoms. The molecule has 2 nitrogen and oxygen atoms in total. The lowest BCUT2D eigenvalue weighted by molar-refractivity contribution is -0.0270. The van der Waals surface area contributed by atoms with E-state index >= 15 is 0 Å². The van der Waals surface area contributed by atoms with Crippen molar-refractivity contribution < 1.29 is 9.47 Å². The smallest absolute Gasteiger partial charge is 0.119 e. The molecule has 2 heteroatoms. The van der Waals surface area contributed by atoms with Crippen molar-refractivity contribution in [3.63, 3.8) is 0 Å². The highest BCUT2D eigenvalue weighted by Crippen LogP contribution is 2.68. The van der Waals surface area contributed by atoms with Crippen LogP contribution in [0.5, 0.6) is 0 Å². The highest BCUT2D eigenvalue weighted by molar-refractivity contribution is 5.48. The Morgan fingerprint density at radius 3 is 3.05 bits per heavy atom. The Morgan fingerprint density at radius 2 is 2.15 bits per heavy atom. The predicted octanol–water partition coefficient (Wildman–Crippen LogP) is 3.93. The first kappa shape index (κ1) is 11.4. The van der Waals surface area contributed by atoms with Gasteiger partial charge in [0.2, 0.25) is 0 Å². The standard InChI is InChI=1S/C18H20O2/c1-19-12-9-11-5-4-7-14-16(11)18(10-12)15-8-3-2-6-13(15)17(14)20-18/h2-3,6,8,10-11,14,16-17H,4-5,7,9H2,1H3/t11-,14+,16-,17-,18+/m1/s1. The number of rotatable bonds is 1. The summed E-state index contributed by atoms with van der Waals surface area (Å²) in [6, 6.07) is 8.84. The normalized spacial score (nSPS) is 43.8. The van der Waals surface area contributed by atoms with Gasteiger partial charge in [0, 0.05) is 12.3 Å². The average Bonchev–Trinajstić information content (AvgIpc) is 3.00. The number of allylic oxidation sites excluding steroid dienone is 1. The number of benzene rings is 1. The fourth-order valence-corrected chi connectivity index (χ4v) is 5.48. The topological polar surface area (TPSA) is 18.5 Å². The van der Waals surface area contributed by atoms with Crippen molar-refractivity contribution in [2.45, 2.75) is 37.4 Å². The number of ether oxygens (including phenoxy) is 2. The molecule has 1 spiro atoms. The zero-order chi connectivity index (χ0) is 13.3. The van der Waals surface area contributed by atoms with Crippen LogP contribution in [0, 0.1) is 17.8 Å². The summed E-state index contributed by atoms with van der Waals surface area (Å²) >= 11 is 0. The number of methoxy groups -OCH3 is 1. The molecular formula is C18H20O2. The minimum absolute atomic E-state index is 0.180. The monoisotopic (exact) mass is 268 g/mol. The number of fused-ring (bicyclic) bond motifs is 4. The Balaban J connectivity index is 1.77. The molecule has 2 fully saturated rings. The summed E-state index contributed by atoms with van der Waals surface area (Å²) in [4.78, 5) is 0. The molecule has 0 amide bonds. The lowest BCUT2D eigenvalue weighted by atomic mass is 9.56. The van der Waals surface area contributed by atoms with Crippen molar-refractivity contribution in [2.75, 3.05) is 7.11 Å². The van der Waals surface area contributed by atoms with E-state index in [0.717, 1.165) is 24.0 Å². The zero-order valence-electron chi connectivity index (χ0n) is 11.8.